The van der Waals surface area contributed by atoms with Crippen molar-refractivity contribution in [2.45, 2.75) is 25.4 Å². The second kappa shape index (κ2) is 7.27. The molecule has 1 fully saturated rings. The van der Waals surface area contributed by atoms with Gasteiger partial charge in [0.25, 0.3) is 10.2 Å². The van der Waals surface area contributed by atoms with Gasteiger partial charge in [-0.05, 0) is 32.9 Å². The van der Waals surface area contributed by atoms with E-state index >= 15 is 0 Å². The summed E-state index contributed by atoms with van der Waals surface area (Å²) in [6, 6.07) is 0. The second-order valence-electron chi connectivity index (χ2n) is 4.27. The molecule has 0 amide bonds. The van der Waals surface area contributed by atoms with Crippen LogP contribution in [-0.4, -0.2) is 59.2 Å². The lowest BCUT2D eigenvalue weighted by atomic mass is 10.2. The Bertz CT molecular complexity index is 302. The third-order valence-electron chi connectivity index (χ3n) is 2.83. The molecule has 7 heteroatoms. The molecule has 1 unspecified atom stereocenters. The molecule has 0 aromatic rings. The van der Waals surface area contributed by atoms with E-state index < -0.39 is 10.2 Å². The van der Waals surface area contributed by atoms with Gasteiger partial charge in [-0.2, -0.15) is 17.4 Å². The van der Waals surface area contributed by atoms with Crippen molar-refractivity contribution in [2.75, 3.05) is 40.3 Å². The number of rotatable bonds is 8. The van der Waals surface area contributed by atoms with E-state index in [1.807, 2.05) is 7.05 Å². The Hall–Kier alpha value is -0.210. The maximum atomic E-state index is 11.8. The van der Waals surface area contributed by atoms with Crippen molar-refractivity contribution in [1.82, 2.24) is 14.3 Å². The Kier molecular flexibility index (Phi) is 6.35. The van der Waals surface area contributed by atoms with E-state index in [1.54, 1.807) is 7.05 Å². The number of ether oxygens (including phenoxy) is 1. The first kappa shape index (κ1) is 14.8. The zero-order valence-electron chi connectivity index (χ0n) is 10.6. The Morgan fingerprint density at radius 3 is 2.82 bits per heavy atom. The van der Waals surface area contributed by atoms with Crippen LogP contribution in [0.5, 0.6) is 0 Å². The molecule has 102 valence electrons. The average Bonchev–Trinajstić information content (AvgIpc) is 2.79. The summed E-state index contributed by atoms with van der Waals surface area (Å²) in [7, 11) is 0.0895. The second-order valence-corrected chi connectivity index (χ2v) is 6.13. The van der Waals surface area contributed by atoms with Gasteiger partial charge in [-0.3, -0.25) is 0 Å². The maximum Gasteiger partial charge on any atom is 0.279 e. The lowest BCUT2D eigenvalue weighted by molar-refractivity contribution is 0.114. The molecule has 0 bridgehead atoms. The molecule has 6 nitrogen and oxygen atoms in total. The molecule has 0 aliphatic carbocycles. The molecule has 1 atom stereocenters. The molecule has 1 heterocycles. The van der Waals surface area contributed by atoms with Crippen LogP contribution < -0.4 is 10.0 Å². The van der Waals surface area contributed by atoms with Crippen molar-refractivity contribution in [3.8, 4) is 0 Å². The van der Waals surface area contributed by atoms with Crippen molar-refractivity contribution in [2.24, 2.45) is 0 Å². The quantitative estimate of drug-likeness (QED) is 0.583. The standard InChI is InChI=1S/C10H23N3O3S/c1-11-6-4-7-13(2)17(14,15)12-9-10-5-3-8-16-10/h10-12H,3-9H2,1-2H3. The Morgan fingerprint density at radius 1 is 1.47 bits per heavy atom. The first-order valence-electron chi connectivity index (χ1n) is 6.03. The Labute approximate surface area is 104 Å². The number of nitrogens with zero attached hydrogens (tertiary/aromatic N) is 1. The minimum absolute atomic E-state index is 0.0375. The van der Waals surface area contributed by atoms with Gasteiger partial charge in [0.05, 0.1) is 6.10 Å². The third kappa shape index (κ3) is 5.31. The summed E-state index contributed by atoms with van der Waals surface area (Å²) in [5.74, 6) is 0. The molecule has 2 N–H and O–H groups in total. The largest absolute Gasteiger partial charge is 0.377 e. The van der Waals surface area contributed by atoms with Crippen molar-refractivity contribution < 1.29 is 13.2 Å². The Balaban J connectivity index is 2.27. The zero-order chi connectivity index (χ0) is 12.7. The topological polar surface area (TPSA) is 70.7 Å². The molecule has 0 spiro atoms. The van der Waals surface area contributed by atoms with E-state index in [-0.39, 0.29) is 6.10 Å². The van der Waals surface area contributed by atoms with Crippen molar-refractivity contribution in [3.63, 3.8) is 0 Å². The molecular weight excluding hydrogens is 242 g/mol. The summed E-state index contributed by atoms with van der Waals surface area (Å²) in [5, 5.41) is 2.99. The summed E-state index contributed by atoms with van der Waals surface area (Å²) >= 11 is 0. The highest BCUT2D eigenvalue weighted by Crippen LogP contribution is 2.11. The van der Waals surface area contributed by atoms with E-state index in [4.69, 9.17) is 4.74 Å². The first-order valence-corrected chi connectivity index (χ1v) is 7.47. The van der Waals surface area contributed by atoms with Gasteiger partial charge in [0.2, 0.25) is 0 Å². The van der Waals surface area contributed by atoms with Crippen molar-refractivity contribution in [1.29, 1.82) is 0 Å². The van der Waals surface area contributed by atoms with E-state index in [2.05, 4.69) is 10.0 Å². The highest BCUT2D eigenvalue weighted by molar-refractivity contribution is 7.87. The number of nitrogens with one attached hydrogen (secondary N) is 2. The third-order valence-corrected chi connectivity index (χ3v) is 4.36. The summed E-state index contributed by atoms with van der Waals surface area (Å²) in [6.45, 7) is 2.44. The summed E-state index contributed by atoms with van der Waals surface area (Å²) in [4.78, 5) is 0. The smallest absolute Gasteiger partial charge is 0.279 e. The lowest BCUT2D eigenvalue weighted by Gasteiger charge is -2.19. The van der Waals surface area contributed by atoms with Crippen LogP contribution in [0.2, 0.25) is 0 Å². The van der Waals surface area contributed by atoms with Crippen LogP contribution in [0.3, 0.4) is 0 Å². The fourth-order valence-electron chi connectivity index (χ4n) is 1.71. The SMILES string of the molecule is CNCCCN(C)S(=O)(=O)NCC1CCCO1. The van der Waals surface area contributed by atoms with Crippen LogP contribution >= 0.6 is 0 Å². The van der Waals surface area contributed by atoms with Crippen LogP contribution in [0.4, 0.5) is 0 Å². The van der Waals surface area contributed by atoms with Crippen molar-refractivity contribution in [3.05, 3.63) is 0 Å². The highest BCUT2D eigenvalue weighted by Gasteiger charge is 2.21. The molecule has 1 rings (SSSR count). The summed E-state index contributed by atoms with van der Waals surface area (Å²) < 4.78 is 32.9. The van der Waals surface area contributed by atoms with Crippen LogP contribution in [0.15, 0.2) is 0 Å². The molecule has 1 saturated heterocycles. The van der Waals surface area contributed by atoms with Gasteiger partial charge < -0.3 is 10.1 Å². The predicted molar refractivity (Wildman–Crippen MR) is 67.1 cm³/mol. The fourth-order valence-corrected chi connectivity index (χ4v) is 2.70. The molecule has 0 aromatic heterocycles. The zero-order valence-corrected chi connectivity index (χ0v) is 11.4. The lowest BCUT2D eigenvalue weighted by Crippen LogP contribution is -2.42. The number of hydrogen-bond donors (Lipinski definition) is 2. The van der Waals surface area contributed by atoms with Crippen LogP contribution in [-0.2, 0) is 14.9 Å². The molecule has 17 heavy (non-hydrogen) atoms. The van der Waals surface area contributed by atoms with E-state index in [0.717, 1.165) is 32.4 Å². The van der Waals surface area contributed by atoms with Gasteiger partial charge in [0, 0.05) is 26.7 Å². The van der Waals surface area contributed by atoms with E-state index in [1.165, 1.54) is 4.31 Å². The summed E-state index contributed by atoms with van der Waals surface area (Å²) in [6.07, 6.45) is 2.79. The Morgan fingerprint density at radius 2 is 2.24 bits per heavy atom. The van der Waals surface area contributed by atoms with E-state index in [0.29, 0.717) is 13.1 Å². The van der Waals surface area contributed by atoms with E-state index in [9.17, 15) is 8.42 Å². The number of hydrogen-bond acceptors (Lipinski definition) is 4. The molecule has 0 radical (unpaired) electrons. The van der Waals surface area contributed by atoms with Gasteiger partial charge in [-0.25, -0.2) is 0 Å². The van der Waals surface area contributed by atoms with Gasteiger partial charge in [0.1, 0.15) is 0 Å². The maximum absolute atomic E-state index is 11.8. The minimum Gasteiger partial charge on any atom is -0.377 e. The summed E-state index contributed by atoms with van der Waals surface area (Å²) in [5.41, 5.74) is 0. The fraction of sp³-hybridized carbons (Fsp3) is 1.00. The van der Waals surface area contributed by atoms with Crippen LogP contribution in [0.1, 0.15) is 19.3 Å². The molecular formula is C10H23N3O3S. The van der Waals surface area contributed by atoms with Gasteiger partial charge in [-0.15, -0.1) is 0 Å². The monoisotopic (exact) mass is 265 g/mol. The van der Waals surface area contributed by atoms with Gasteiger partial charge >= 0.3 is 0 Å². The molecule has 1 aliphatic rings. The average molecular weight is 265 g/mol. The minimum atomic E-state index is -3.35. The first-order chi connectivity index (χ1) is 8.06. The van der Waals surface area contributed by atoms with Crippen LogP contribution in [0.25, 0.3) is 0 Å². The van der Waals surface area contributed by atoms with Crippen molar-refractivity contribution >= 4 is 10.2 Å². The normalized spacial score (nSPS) is 21.2. The molecule has 0 aromatic carbocycles. The molecule has 1 aliphatic heterocycles. The van der Waals surface area contributed by atoms with Gasteiger partial charge in [-0.1, -0.05) is 0 Å². The van der Waals surface area contributed by atoms with Gasteiger partial charge in [0.15, 0.2) is 0 Å². The molecule has 0 saturated carbocycles. The predicted octanol–water partition coefficient (Wildman–Crippen LogP) is -0.459. The highest BCUT2D eigenvalue weighted by atomic mass is 32.2. The van der Waals surface area contributed by atoms with Crippen LogP contribution in [0, 0.1) is 0 Å².